The van der Waals surface area contributed by atoms with Crippen LogP contribution < -0.4 is 0 Å². The van der Waals surface area contributed by atoms with Crippen molar-refractivity contribution in [2.45, 2.75) is 5.41 Å². The second-order valence-corrected chi connectivity index (χ2v) is 18.9. The Kier molecular flexibility index (Phi) is 8.95. The summed E-state index contributed by atoms with van der Waals surface area (Å²) in [6, 6.07) is 84.7. The maximum absolute atomic E-state index is 6.58. The summed E-state index contributed by atoms with van der Waals surface area (Å²) in [6.45, 7) is 0. The topological polar surface area (TPSA) is 51.8 Å². The van der Waals surface area contributed by atoms with Crippen LogP contribution in [0.1, 0.15) is 22.3 Å². The van der Waals surface area contributed by atoms with E-state index >= 15 is 0 Å². The zero-order chi connectivity index (χ0) is 45.5. The summed E-state index contributed by atoms with van der Waals surface area (Å²) in [5.74, 6) is 1.85. The standard InChI is InChI=1S/C64H39N3OS/c1-4-16-42(17-5-1)61-65-62(67-63(66-61)51-25-15-29-58-60(51)49-23-11-13-28-57(49)69-58)50-24-14-27-56-59(50)52-38-43(35-37-55(52)68-56)40-30-32-41(33-31-40)44-34-36-48-47-22-10-12-26-53(47)64(54(48)39-44,45-18-6-2-7-19-45)46-20-8-3-9-21-46/h1-39H. The smallest absolute Gasteiger partial charge is 0.164 e. The molecule has 0 saturated carbocycles. The molecule has 14 rings (SSSR count). The molecule has 69 heavy (non-hydrogen) atoms. The van der Waals surface area contributed by atoms with Gasteiger partial charge in [0.1, 0.15) is 11.2 Å². The first-order valence-electron chi connectivity index (χ1n) is 23.3. The van der Waals surface area contributed by atoms with Crippen molar-refractivity contribution >= 4 is 53.4 Å². The van der Waals surface area contributed by atoms with E-state index in [9.17, 15) is 0 Å². The van der Waals surface area contributed by atoms with Crippen molar-refractivity contribution in [3.05, 3.63) is 259 Å². The van der Waals surface area contributed by atoms with E-state index in [4.69, 9.17) is 19.4 Å². The van der Waals surface area contributed by atoms with Crippen molar-refractivity contribution in [2.75, 3.05) is 0 Å². The summed E-state index contributed by atoms with van der Waals surface area (Å²) in [6.07, 6.45) is 0. The van der Waals surface area contributed by atoms with Gasteiger partial charge in [-0.15, -0.1) is 11.3 Å². The van der Waals surface area contributed by atoms with Gasteiger partial charge in [0.25, 0.3) is 0 Å². The Hall–Kier alpha value is -8.77. The fourth-order valence-corrected chi connectivity index (χ4v) is 12.1. The monoisotopic (exact) mass is 897 g/mol. The van der Waals surface area contributed by atoms with Gasteiger partial charge < -0.3 is 4.42 Å². The molecule has 3 aromatic heterocycles. The first kappa shape index (κ1) is 39.4. The Morgan fingerprint density at radius 1 is 0.319 bits per heavy atom. The van der Waals surface area contributed by atoms with Gasteiger partial charge in [0.05, 0.1) is 5.41 Å². The molecule has 0 N–H and O–H groups in total. The number of fused-ring (bicyclic) bond motifs is 9. The Balaban J connectivity index is 0.879. The normalized spacial score (nSPS) is 12.8. The van der Waals surface area contributed by atoms with Gasteiger partial charge in [-0.05, 0) is 92.0 Å². The van der Waals surface area contributed by atoms with Crippen molar-refractivity contribution in [3.8, 4) is 67.5 Å². The van der Waals surface area contributed by atoms with Crippen LogP contribution in [0.15, 0.2) is 241 Å². The average Bonchev–Trinajstić information content (AvgIpc) is 4.10. The lowest BCUT2D eigenvalue weighted by molar-refractivity contribution is 0.669. The van der Waals surface area contributed by atoms with E-state index in [0.717, 1.165) is 60.7 Å². The van der Waals surface area contributed by atoms with E-state index in [0.29, 0.717) is 17.5 Å². The Bertz CT molecular complexity index is 4080. The maximum Gasteiger partial charge on any atom is 0.164 e. The first-order chi connectivity index (χ1) is 34.2. The molecule has 10 aromatic carbocycles. The van der Waals surface area contributed by atoms with Crippen LogP contribution in [0, 0.1) is 0 Å². The van der Waals surface area contributed by atoms with Crippen molar-refractivity contribution in [1.29, 1.82) is 0 Å². The molecule has 1 aliphatic rings. The highest BCUT2D eigenvalue weighted by Gasteiger charge is 2.46. The number of aromatic nitrogens is 3. The Morgan fingerprint density at radius 3 is 1.59 bits per heavy atom. The Labute approximate surface area is 402 Å². The van der Waals surface area contributed by atoms with Gasteiger partial charge in [-0.2, -0.15) is 0 Å². The molecular formula is C64H39N3OS. The molecule has 0 aliphatic heterocycles. The number of hydrogen-bond donors (Lipinski definition) is 0. The molecule has 0 amide bonds. The molecule has 3 heterocycles. The minimum Gasteiger partial charge on any atom is -0.456 e. The molecule has 4 nitrogen and oxygen atoms in total. The average molecular weight is 898 g/mol. The van der Waals surface area contributed by atoms with E-state index in [1.807, 2.05) is 30.3 Å². The highest BCUT2D eigenvalue weighted by atomic mass is 32.1. The molecule has 1 aliphatic carbocycles. The zero-order valence-electron chi connectivity index (χ0n) is 37.2. The van der Waals surface area contributed by atoms with E-state index in [2.05, 4.69) is 206 Å². The van der Waals surface area contributed by atoms with Crippen LogP contribution >= 0.6 is 11.3 Å². The molecule has 0 atom stereocenters. The van der Waals surface area contributed by atoms with Crippen LogP contribution in [0.3, 0.4) is 0 Å². The molecule has 0 bridgehead atoms. The van der Waals surface area contributed by atoms with Crippen molar-refractivity contribution in [1.82, 2.24) is 15.0 Å². The summed E-state index contributed by atoms with van der Waals surface area (Å²) in [5.41, 5.74) is 16.2. The minimum atomic E-state index is -0.453. The summed E-state index contributed by atoms with van der Waals surface area (Å²) in [5, 5.41) is 4.34. The van der Waals surface area contributed by atoms with Gasteiger partial charge in [0, 0.05) is 47.6 Å². The summed E-state index contributed by atoms with van der Waals surface area (Å²) in [4.78, 5) is 15.7. The molecular weight excluding hydrogens is 859 g/mol. The lowest BCUT2D eigenvalue weighted by Gasteiger charge is -2.34. The van der Waals surface area contributed by atoms with Crippen LogP contribution in [0.2, 0.25) is 0 Å². The molecule has 322 valence electrons. The fourth-order valence-electron chi connectivity index (χ4n) is 11.0. The van der Waals surface area contributed by atoms with Crippen LogP contribution in [-0.4, -0.2) is 15.0 Å². The van der Waals surface area contributed by atoms with E-state index in [1.54, 1.807) is 11.3 Å². The van der Waals surface area contributed by atoms with Crippen LogP contribution in [0.25, 0.3) is 110 Å². The number of furan rings is 1. The second kappa shape index (κ2) is 15.7. The maximum atomic E-state index is 6.58. The molecule has 0 radical (unpaired) electrons. The molecule has 13 aromatic rings. The van der Waals surface area contributed by atoms with Gasteiger partial charge >= 0.3 is 0 Å². The summed E-state index contributed by atoms with van der Waals surface area (Å²) < 4.78 is 9.02. The van der Waals surface area contributed by atoms with Gasteiger partial charge in [-0.1, -0.05) is 200 Å². The lowest BCUT2D eigenvalue weighted by atomic mass is 9.67. The zero-order valence-corrected chi connectivity index (χ0v) is 38.0. The predicted molar refractivity (Wildman–Crippen MR) is 284 cm³/mol. The van der Waals surface area contributed by atoms with Crippen LogP contribution in [-0.2, 0) is 5.41 Å². The SMILES string of the molecule is c1ccc(-c2nc(-c3cccc4oc5ccc(-c6ccc(-c7ccc8c(c7)C(c7ccccc7)(c7ccccc7)c7ccccc7-8)cc6)cc5c34)nc(-c3cccc4sc5ccccc5c34)n2)cc1. The van der Waals surface area contributed by atoms with E-state index in [1.165, 1.54) is 53.7 Å². The summed E-state index contributed by atoms with van der Waals surface area (Å²) >= 11 is 1.79. The van der Waals surface area contributed by atoms with Crippen LogP contribution in [0.5, 0.6) is 0 Å². The lowest BCUT2D eigenvalue weighted by Crippen LogP contribution is -2.28. The van der Waals surface area contributed by atoms with E-state index < -0.39 is 5.41 Å². The molecule has 0 unspecified atom stereocenters. The highest BCUT2D eigenvalue weighted by molar-refractivity contribution is 7.25. The highest BCUT2D eigenvalue weighted by Crippen LogP contribution is 2.57. The number of rotatable bonds is 7. The third-order valence-electron chi connectivity index (χ3n) is 14.1. The summed E-state index contributed by atoms with van der Waals surface area (Å²) in [7, 11) is 0. The van der Waals surface area contributed by atoms with Crippen LogP contribution in [0.4, 0.5) is 0 Å². The molecule has 0 fully saturated rings. The Morgan fingerprint density at radius 2 is 0.855 bits per heavy atom. The molecule has 0 saturated heterocycles. The van der Waals surface area contributed by atoms with Crippen molar-refractivity contribution in [2.24, 2.45) is 0 Å². The first-order valence-corrected chi connectivity index (χ1v) is 24.1. The number of nitrogens with zero attached hydrogens (tertiary/aromatic N) is 3. The number of thiophene rings is 1. The molecule has 0 spiro atoms. The minimum absolute atomic E-state index is 0.453. The van der Waals surface area contributed by atoms with Gasteiger partial charge in [0.15, 0.2) is 17.5 Å². The van der Waals surface area contributed by atoms with Gasteiger partial charge in [-0.3, -0.25) is 0 Å². The third kappa shape index (κ3) is 6.18. The fraction of sp³-hybridized carbons (Fsp3) is 0.0156. The largest absolute Gasteiger partial charge is 0.456 e. The number of hydrogen-bond acceptors (Lipinski definition) is 5. The third-order valence-corrected chi connectivity index (χ3v) is 15.2. The predicted octanol–water partition coefficient (Wildman–Crippen LogP) is 16.8. The quantitative estimate of drug-likeness (QED) is 0.160. The van der Waals surface area contributed by atoms with Crippen molar-refractivity contribution in [3.63, 3.8) is 0 Å². The second-order valence-electron chi connectivity index (χ2n) is 17.8. The van der Waals surface area contributed by atoms with Gasteiger partial charge in [0.2, 0.25) is 0 Å². The van der Waals surface area contributed by atoms with Crippen molar-refractivity contribution < 1.29 is 4.42 Å². The molecule has 5 heteroatoms. The van der Waals surface area contributed by atoms with E-state index in [-0.39, 0.29) is 0 Å². The van der Waals surface area contributed by atoms with Gasteiger partial charge in [-0.25, -0.2) is 15.0 Å². The number of benzene rings is 10.